The summed E-state index contributed by atoms with van der Waals surface area (Å²) in [6, 6.07) is 0. The molecule has 0 aliphatic carbocycles. The molecule has 1 fully saturated rings. The molecule has 0 aromatic carbocycles. The molecule has 1 amide bonds. The Balaban J connectivity index is 2.42. The summed E-state index contributed by atoms with van der Waals surface area (Å²) >= 11 is 3.92. The smallest absolute Gasteiger partial charge is 0.307 e. The monoisotopic (exact) mass is 233 g/mol. The van der Waals surface area contributed by atoms with Crippen molar-refractivity contribution in [3.8, 4) is 0 Å². The van der Waals surface area contributed by atoms with Crippen LogP contribution >= 0.6 is 12.6 Å². The zero-order valence-corrected chi connectivity index (χ0v) is 9.28. The van der Waals surface area contributed by atoms with E-state index >= 15 is 0 Å². The van der Waals surface area contributed by atoms with Crippen LogP contribution in [0, 0.1) is 5.92 Å². The second-order valence-corrected chi connectivity index (χ2v) is 3.78. The van der Waals surface area contributed by atoms with Crippen molar-refractivity contribution in [2.24, 2.45) is 5.92 Å². The van der Waals surface area contributed by atoms with E-state index in [1.54, 1.807) is 4.90 Å². The van der Waals surface area contributed by atoms with Crippen molar-refractivity contribution in [1.29, 1.82) is 0 Å². The maximum Gasteiger partial charge on any atom is 0.307 e. The Morgan fingerprint density at radius 1 is 1.40 bits per heavy atom. The zero-order chi connectivity index (χ0) is 11.3. The van der Waals surface area contributed by atoms with Crippen molar-refractivity contribution in [3.63, 3.8) is 0 Å². The van der Waals surface area contributed by atoms with Crippen LogP contribution in [0.3, 0.4) is 0 Å². The molecule has 0 radical (unpaired) electrons. The highest BCUT2D eigenvalue weighted by Gasteiger charge is 2.24. The summed E-state index contributed by atoms with van der Waals surface area (Å²) in [5, 5.41) is 8.78. The van der Waals surface area contributed by atoms with E-state index < -0.39 is 11.9 Å². The summed E-state index contributed by atoms with van der Waals surface area (Å²) < 4.78 is 5.10. The lowest BCUT2D eigenvalue weighted by Crippen LogP contribution is -2.42. The quantitative estimate of drug-likeness (QED) is 0.664. The average molecular weight is 233 g/mol. The van der Waals surface area contributed by atoms with Gasteiger partial charge in [0.2, 0.25) is 5.91 Å². The van der Waals surface area contributed by atoms with Crippen molar-refractivity contribution in [3.05, 3.63) is 0 Å². The minimum Gasteiger partial charge on any atom is -0.481 e. The van der Waals surface area contributed by atoms with Gasteiger partial charge in [0.15, 0.2) is 0 Å². The van der Waals surface area contributed by atoms with Gasteiger partial charge in [-0.25, -0.2) is 0 Å². The average Bonchev–Trinajstić information content (AvgIpc) is 2.26. The second kappa shape index (κ2) is 5.97. The number of carbonyl (C=O) groups is 2. The van der Waals surface area contributed by atoms with Gasteiger partial charge in [-0.3, -0.25) is 9.59 Å². The summed E-state index contributed by atoms with van der Waals surface area (Å²) in [7, 11) is 0. The minimum absolute atomic E-state index is 0.0266. The predicted octanol–water partition coefficient (Wildman–Crippen LogP) is -0.134. The summed E-state index contributed by atoms with van der Waals surface area (Å²) in [5.41, 5.74) is 0. The molecule has 0 aromatic rings. The van der Waals surface area contributed by atoms with E-state index in [1.807, 2.05) is 0 Å². The molecule has 86 valence electrons. The van der Waals surface area contributed by atoms with Gasteiger partial charge in [-0.05, 0) is 0 Å². The predicted molar refractivity (Wildman–Crippen MR) is 57.0 cm³/mol. The van der Waals surface area contributed by atoms with Crippen LogP contribution < -0.4 is 0 Å². The fourth-order valence-electron chi connectivity index (χ4n) is 1.38. The first-order valence-electron chi connectivity index (χ1n) is 4.84. The highest BCUT2D eigenvalue weighted by Crippen LogP contribution is 2.09. The fraction of sp³-hybridized carbons (Fsp3) is 0.778. The van der Waals surface area contributed by atoms with E-state index in [0.717, 1.165) is 0 Å². The zero-order valence-electron chi connectivity index (χ0n) is 8.39. The third-order valence-corrected chi connectivity index (χ3v) is 2.80. The summed E-state index contributed by atoms with van der Waals surface area (Å²) in [6.07, 6.45) is 0.0266. The number of rotatable bonds is 4. The number of thiol groups is 1. The van der Waals surface area contributed by atoms with Gasteiger partial charge in [-0.2, -0.15) is 12.6 Å². The Labute approximate surface area is 93.8 Å². The molecule has 1 N–H and O–H groups in total. The second-order valence-electron chi connectivity index (χ2n) is 3.42. The molecule has 1 heterocycles. The molecular weight excluding hydrogens is 218 g/mol. The third kappa shape index (κ3) is 3.71. The molecule has 15 heavy (non-hydrogen) atoms. The van der Waals surface area contributed by atoms with Crippen LogP contribution in [0.4, 0.5) is 0 Å². The van der Waals surface area contributed by atoms with E-state index in [4.69, 9.17) is 9.84 Å². The summed E-state index contributed by atoms with van der Waals surface area (Å²) in [5.74, 6) is -1.60. The molecule has 1 atom stereocenters. The largest absolute Gasteiger partial charge is 0.481 e. The van der Waals surface area contributed by atoms with E-state index in [-0.39, 0.29) is 18.1 Å². The first-order chi connectivity index (χ1) is 7.15. The number of aliphatic carboxylic acids is 1. The van der Waals surface area contributed by atoms with Crippen LogP contribution in [0.5, 0.6) is 0 Å². The number of carboxylic acid groups (broad SMARTS) is 1. The Morgan fingerprint density at radius 2 is 2.00 bits per heavy atom. The van der Waals surface area contributed by atoms with Gasteiger partial charge >= 0.3 is 5.97 Å². The van der Waals surface area contributed by atoms with E-state index in [2.05, 4.69) is 12.6 Å². The van der Waals surface area contributed by atoms with Crippen LogP contribution in [0.2, 0.25) is 0 Å². The number of hydrogen-bond acceptors (Lipinski definition) is 4. The fourth-order valence-corrected chi connectivity index (χ4v) is 1.67. The van der Waals surface area contributed by atoms with E-state index in [0.29, 0.717) is 26.3 Å². The van der Waals surface area contributed by atoms with Gasteiger partial charge in [-0.1, -0.05) is 0 Å². The van der Waals surface area contributed by atoms with Gasteiger partial charge in [-0.15, -0.1) is 0 Å². The lowest BCUT2D eigenvalue weighted by molar-refractivity contribution is -0.146. The molecular formula is C9H15NO4S. The Kier molecular flexibility index (Phi) is 4.90. The van der Waals surface area contributed by atoms with E-state index in [1.165, 1.54) is 0 Å². The molecule has 0 saturated carbocycles. The first-order valence-corrected chi connectivity index (χ1v) is 5.47. The van der Waals surface area contributed by atoms with Gasteiger partial charge in [0, 0.05) is 25.3 Å². The topological polar surface area (TPSA) is 66.8 Å². The molecule has 0 bridgehead atoms. The summed E-state index contributed by atoms with van der Waals surface area (Å²) in [6.45, 7) is 2.17. The van der Waals surface area contributed by atoms with Crippen molar-refractivity contribution >= 4 is 24.5 Å². The van der Waals surface area contributed by atoms with Crippen molar-refractivity contribution < 1.29 is 19.4 Å². The van der Waals surface area contributed by atoms with Crippen LogP contribution in [0.25, 0.3) is 0 Å². The number of morpholine rings is 1. The van der Waals surface area contributed by atoms with Crippen molar-refractivity contribution in [1.82, 2.24) is 4.90 Å². The molecule has 1 aliphatic heterocycles. The molecule has 0 spiro atoms. The SMILES string of the molecule is O=C(O)C(CS)CC(=O)N1CCOCC1. The van der Waals surface area contributed by atoms with E-state index in [9.17, 15) is 9.59 Å². The normalized spacial score (nSPS) is 18.6. The van der Waals surface area contributed by atoms with Gasteiger partial charge < -0.3 is 14.7 Å². The van der Waals surface area contributed by atoms with Crippen molar-refractivity contribution in [2.45, 2.75) is 6.42 Å². The Hall–Kier alpha value is -0.750. The van der Waals surface area contributed by atoms with Gasteiger partial charge in [0.05, 0.1) is 19.1 Å². The number of nitrogens with zero attached hydrogens (tertiary/aromatic N) is 1. The Bertz CT molecular complexity index is 240. The van der Waals surface area contributed by atoms with Crippen LogP contribution in [-0.2, 0) is 14.3 Å². The number of hydrogen-bond donors (Lipinski definition) is 2. The lowest BCUT2D eigenvalue weighted by Gasteiger charge is -2.27. The van der Waals surface area contributed by atoms with Crippen molar-refractivity contribution in [2.75, 3.05) is 32.1 Å². The molecule has 1 aliphatic rings. The Morgan fingerprint density at radius 3 is 2.47 bits per heavy atom. The molecule has 1 saturated heterocycles. The molecule has 0 aromatic heterocycles. The maximum atomic E-state index is 11.6. The number of amides is 1. The number of carboxylic acids is 1. The first kappa shape index (κ1) is 12.3. The van der Waals surface area contributed by atoms with Crippen LogP contribution in [0.1, 0.15) is 6.42 Å². The maximum absolute atomic E-state index is 11.6. The van der Waals surface area contributed by atoms with Crippen LogP contribution in [-0.4, -0.2) is 53.9 Å². The minimum atomic E-state index is -0.966. The molecule has 6 heteroatoms. The van der Waals surface area contributed by atoms with Crippen LogP contribution in [0.15, 0.2) is 0 Å². The molecule has 1 rings (SSSR count). The summed E-state index contributed by atoms with van der Waals surface area (Å²) in [4.78, 5) is 24.0. The number of ether oxygens (including phenoxy) is 1. The molecule has 1 unspecified atom stereocenters. The highest BCUT2D eigenvalue weighted by molar-refractivity contribution is 7.80. The van der Waals surface area contributed by atoms with Gasteiger partial charge in [0.25, 0.3) is 0 Å². The highest BCUT2D eigenvalue weighted by atomic mass is 32.1. The number of carbonyl (C=O) groups excluding carboxylic acids is 1. The third-order valence-electron chi connectivity index (χ3n) is 2.35. The standard InChI is InChI=1S/C9H15NO4S/c11-8(5-7(6-15)9(12)13)10-1-3-14-4-2-10/h7,15H,1-6H2,(H,12,13). The lowest BCUT2D eigenvalue weighted by atomic mass is 10.1. The van der Waals surface area contributed by atoms with Gasteiger partial charge in [0.1, 0.15) is 0 Å². The molecule has 5 nitrogen and oxygen atoms in total.